The van der Waals surface area contributed by atoms with Crippen LogP contribution in [-0.2, 0) is 18.4 Å². The van der Waals surface area contributed by atoms with Crippen LogP contribution in [0.15, 0.2) is 12.3 Å². The number of likely N-dealkylation sites (tertiary alicyclic amines) is 1. The Bertz CT molecular complexity index is 614. The van der Waals surface area contributed by atoms with Gasteiger partial charge < -0.3 is 4.90 Å². The second kappa shape index (κ2) is 6.14. The van der Waals surface area contributed by atoms with Crippen molar-refractivity contribution in [3.8, 4) is 0 Å². The molecule has 0 spiro atoms. The van der Waals surface area contributed by atoms with Crippen molar-refractivity contribution in [1.82, 2.24) is 19.6 Å². The van der Waals surface area contributed by atoms with Gasteiger partial charge in [-0.3, -0.25) is 14.4 Å². The molecular weight excluding hydrogens is 307 g/mol. The summed E-state index contributed by atoms with van der Waals surface area (Å²) in [4.78, 5) is 16.6. The normalized spacial score (nSPS) is 33.0. The Morgan fingerprint density at radius 3 is 2.88 bits per heavy atom. The topological polar surface area (TPSA) is 41.4 Å². The molecule has 0 radical (unpaired) electrons. The maximum absolute atomic E-state index is 14.0. The fraction of sp³-hybridized carbons (Fsp3) is 0.778. The zero-order valence-corrected chi connectivity index (χ0v) is 14.6. The summed E-state index contributed by atoms with van der Waals surface area (Å²) in [5.74, 6) is 1.98. The van der Waals surface area contributed by atoms with E-state index in [2.05, 4.69) is 10.00 Å². The van der Waals surface area contributed by atoms with Crippen LogP contribution < -0.4 is 0 Å². The molecule has 3 aliphatic rings. The monoisotopic (exact) mass is 334 g/mol. The highest BCUT2D eigenvalue weighted by atomic mass is 19.1. The van der Waals surface area contributed by atoms with E-state index in [1.165, 1.54) is 12.8 Å². The summed E-state index contributed by atoms with van der Waals surface area (Å²) in [5.41, 5.74) is 1.08. The molecule has 3 fully saturated rings. The van der Waals surface area contributed by atoms with Crippen LogP contribution in [0.3, 0.4) is 0 Å². The third-order valence-corrected chi connectivity index (χ3v) is 6.01. The molecule has 1 aromatic heterocycles. The van der Waals surface area contributed by atoms with Crippen molar-refractivity contribution >= 4 is 5.91 Å². The van der Waals surface area contributed by atoms with Crippen molar-refractivity contribution in [2.24, 2.45) is 24.8 Å². The summed E-state index contributed by atoms with van der Waals surface area (Å²) in [5, 5.41) is 4.19. The summed E-state index contributed by atoms with van der Waals surface area (Å²) >= 11 is 0. The zero-order valence-electron chi connectivity index (χ0n) is 14.6. The summed E-state index contributed by atoms with van der Waals surface area (Å²) in [7, 11) is 3.80. The second-order valence-corrected chi connectivity index (χ2v) is 7.92. The molecule has 1 aromatic rings. The van der Waals surface area contributed by atoms with Gasteiger partial charge in [-0.25, -0.2) is 4.39 Å². The van der Waals surface area contributed by atoms with Crippen LogP contribution in [0.1, 0.15) is 31.4 Å². The highest BCUT2D eigenvalue weighted by Gasteiger charge is 2.52. The number of halogens is 1. The number of nitrogens with zero attached hydrogens (tertiary/aromatic N) is 4. The highest BCUT2D eigenvalue weighted by molar-refractivity contribution is 5.81. The number of alkyl halides is 1. The van der Waals surface area contributed by atoms with E-state index in [1.807, 2.05) is 29.7 Å². The van der Waals surface area contributed by atoms with E-state index in [0.29, 0.717) is 32.0 Å². The maximum Gasteiger partial charge on any atom is 0.225 e. The van der Waals surface area contributed by atoms with Gasteiger partial charge >= 0.3 is 0 Å². The van der Waals surface area contributed by atoms with Crippen molar-refractivity contribution in [3.63, 3.8) is 0 Å². The van der Waals surface area contributed by atoms with E-state index < -0.39 is 6.17 Å². The Morgan fingerprint density at radius 1 is 1.42 bits per heavy atom. The van der Waals surface area contributed by atoms with E-state index in [-0.39, 0.29) is 17.9 Å². The fourth-order valence-corrected chi connectivity index (χ4v) is 4.30. The average Bonchev–Trinajstić information content (AvgIpc) is 3.43. The Labute approximate surface area is 142 Å². The minimum atomic E-state index is -0.799. The van der Waals surface area contributed by atoms with E-state index in [4.69, 9.17) is 0 Å². The first kappa shape index (κ1) is 16.1. The predicted octanol–water partition coefficient (Wildman–Crippen LogP) is 1.84. The quantitative estimate of drug-likeness (QED) is 0.797. The van der Waals surface area contributed by atoms with E-state index in [9.17, 15) is 9.18 Å². The smallest absolute Gasteiger partial charge is 0.225 e. The molecule has 2 saturated carbocycles. The van der Waals surface area contributed by atoms with E-state index in [0.717, 1.165) is 18.0 Å². The lowest BCUT2D eigenvalue weighted by Gasteiger charge is -2.28. The Balaban J connectivity index is 1.35. The highest BCUT2D eigenvalue weighted by Crippen LogP contribution is 2.54. The third kappa shape index (κ3) is 3.21. The van der Waals surface area contributed by atoms with Crippen molar-refractivity contribution in [2.45, 2.75) is 44.4 Å². The molecule has 0 bridgehead atoms. The Hall–Kier alpha value is -1.43. The summed E-state index contributed by atoms with van der Waals surface area (Å²) in [6.07, 6.45) is 5.18. The maximum atomic E-state index is 14.0. The lowest BCUT2D eigenvalue weighted by molar-refractivity contribution is -0.132. The Kier molecular flexibility index (Phi) is 4.11. The number of amides is 1. The molecule has 2 heterocycles. The molecule has 1 aliphatic heterocycles. The summed E-state index contributed by atoms with van der Waals surface area (Å²) < 4.78 is 15.8. The first-order valence-electron chi connectivity index (χ1n) is 9.13. The number of hydrogen-bond donors (Lipinski definition) is 0. The lowest BCUT2D eigenvalue weighted by atomic mass is 10.1. The summed E-state index contributed by atoms with van der Waals surface area (Å²) in [6.45, 7) is 1.77. The number of aryl methyl sites for hydroxylation is 1. The van der Waals surface area contributed by atoms with Gasteiger partial charge in [-0.2, -0.15) is 5.10 Å². The standard InChI is InChI=1S/C18H27FN4O/c1-21(18(24)17-8-16(17)12-3-4-12)10-15-7-13(19)9-23(15)11-14-5-6-20-22(14)2/h5-6,12-13,15-17H,3-4,7-11H2,1-2H3/t13-,15-,16+,17-/m0/s1. The van der Waals surface area contributed by atoms with Gasteiger partial charge in [0.15, 0.2) is 0 Å². The zero-order chi connectivity index (χ0) is 16.8. The van der Waals surface area contributed by atoms with Gasteiger partial charge in [0.25, 0.3) is 0 Å². The van der Waals surface area contributed by atoms with Crippen molar-refractivity contribution in [1.29, 1.82) is 0 Å². The van der Waals surface area contributed by atoms with Gasteiger partial charge in [-0.15, -0.1) is 0 Å². The molecule has 1 saturated heterocycles. The van der Waals surface area contributed by atoms with Gasteiger partial charge in [0.2, 0.25) is 5.91 Å². The SMILES string of the molecule is CN(C[C@@H]1C[C@H](F)CN1Cc1ccnn1C)C(=O)[C@H]1C[C@@H]1C1CC1. The number of carbonyl (C=O) groups excluding carboxylic acids is 1. The largest absolute Gasteiger partial charge is 0.344 e. The molecule has 1 amide bonds. The molecule has 2 aliphatic carbocycles. The molecule has 5 nitrogen and oxygen atoms in total. The first-order valence-corrected chi connectivity index (χ1v) is 9.13. The molecular formula is C18H27FN4O. The van der Waals surface area contributed by atoms with Gasteiger partial charge in [0, 0.05) is 51.9 Å². The number of hydrogen-bond acceptors (Lipinski definition) is 3. The van der Waals surface area contributed by atoms with E-state index >= 15 is 0 Å². The van der Waals surface area contributed by atoms with Gasteiger partial charge in [0.05, 0.1) is 5.69 Å². The van der Waals surface area contributed by atoms with Crippen molar-refractivity contribution in [2.75, 3.05) is 20.1 Å². The molecule has 4 rings (SSSR count). The lowest BCUT2D eigenvalue weighted by Crippen LogP contribution is -2.41. The number of carbonyl (C=O) groups is 1. The molecule has 6 heteroatoms. The van der Waals surface area contributed by atoms with Crippen molar-refractivity contribution in [3.05, 3.63) is 18.0 Å². The Morgan fingerprint density at radius 2 is 2.21 bits per heavy atom. The summed E-state index contributed by atoms with van der Waals surface area (Å²) in [6, 6.07) is 2.07. The third-order valence-electron chi connectivity index (χ3n) is 6.01. The van der Waals surface area contributed by atoms with Crippen LogP contribution in [0.5, 0.6) is 0 Å². The molecule has 24 heavy (non-hydrogen) atoms. The second-order valence-electron chi connectivity index (χ2n) is 7.92. The molecule has 0 aromatic carbocycles. The molecule has 4 atom stereocenters. The molecule has 132 valence electrons. The van der Waals surface area contributed by atoms with Gasteiger partial charge in [0.1, 0.15) is 6.17 Å². The molecule has 0 unspecified atom stereocenters. The van der Waals surface area contributed by atoms with Crippen LogP contribution >= 0.6 is 0 Å². The van der Waals surface area contributed by atoms with Crippen LogP contribution in [0.2, 0.25) is 0 Å². The minimum absolute atomic E-state index is 0.0991. The number of rotatable bonds is 6. The van der Waals surface area contributed by atoms with Crippen LogP contribution in [-0.4, -0.2) is 57.8 Å². The van der Waals surface area contributed by atoms with Gasteiger partial charge in [-0.05, 0) is 43.6 Å². The number of likely N-dealkylation sites (N-methyl/N-ethyl adjacent to an activating group) is 1. The van der Waals surface area contributed by atoms with Crippen LogP contribution in [0.25, 0.3) is 0 Å². The van der Waals surface area contributed by atoms with Crippen LogP contribution in [0.4, 0.5) is 4.39 Å². The molecule has 0 N–H and O–H groups in total. The number of aromatic nitrogens is 2. The first-order chi connectivity index (χ1) is 11.5. The average molecular weight is 334 g/mol. The van der Waals surface area contributed by atoms with Crippen LogP contribution in [0, 0.1) is 17.8 Å². The fourth-order valence-electron chi connectivity index (χ4n) is 4.30. The van der Waals surface area contributed by atoms with Gasteiger partial charge in [-0.1, -0.05) is 0 Å². The van der Waals surface area contributed by atoms with E-state index in [1.54, 1.807) is 6.20 Å². The van der Waals surface area contributed by atoms with Crippen molar-refractivity contribution < 1.29 is 9.18 Å². The predicted molar refractivity (Wildman–Crippen MR) is 88.9 cm³/mol. The minimum Gasteiger partial charge on any atom is -0.344 e.